The Morgan fingerprint density at radius 1 is 1.19 bits per heavy atom. The minimum atomic E-state index is 0.671. The fourth-order valence-corrected chi connectivity index (χ4v) is 2.79. The molecule has 1 aromatic carbocycles. The molecular formula is C13H13IOS. The summed E-state index contributed by atoms with van der Waals surface area (Å²) in [6.45, 7) is 2.85. The van der Waals surface area contributed by atoms with E-state index in [4.69, 9.17) is 4.74 Å². The quantitative estimate of drug-likeness (QED) is 0.743. The van der Waals surface area contributed by atoms with Gasteiger partial charge in [-0.15, -0.1) is 11.3 Å². The highest BCUT2D eigenvalue weighted by Crippen LogP contribution is 2.20. The van der Waals surface area contributed by atoms with Crippen LogP contribution in [0.1, 0.15) is 16.7 Å². The molecule has 0 atom stereocenters. The molecule has 0 amide bonds. The van der Waals surface area contributed by atoms with Crippen LogP contribution in [-0.4, -0.2) is 0 Å². The Morgan fingerprint density at radius 3 is 2.69 bits per heavy atom. The first-order chi connectivity index (χ1) is 7.78. The van der Waals surface area contributed by atoms with Crippen LogP contribution in [0.25, 0.3) is 0 Å². The van der Waals surface area contributed by atoms with Crippen LogP contribution < -0.4 is 4.74 Å². The Labute approximate surface area is 114 Å². The van der Waals surface area contributed by atoms with Gasteiger partial charge in [-0.05, 0) is 59.3 Å². The summed E-state index contributed by atoms with van der Waals surface area (Å²) in [4.78, 5) is 2.71. The predicted octanol–water partition coefficient (Wildman–Crippen LogP) is 4.49. The molecule has 2 aromatic rings. The molecule has 3 heteroatoms. The van der Waals surface area contributed by atoms with Crippen LogP contribution in [0, 0.1) is 3.57 Å². The summed E-state index contributed by atoms with van der Waals surface area (Å²) in [5, 5.41) is 0. The summed E-state index contributed by atoms with van der Waals surface area (Å²) in [7, 11) is 0. The van der Waals surface area contributed by atoms with Gasteiger partial charge in [-0.2, -0.15) is 0 Å². The van der Waals surface area contributed by atoms with Gasteiger partial charge in [0.05, 0.1) is 0 Å². The van der Waals surface area contributed by atoms with E-state index < -0.39 is 0 Å². The molecule has 0 fully saturated rings. The van der Waals surface area contributed by atoms with Crippen molar-refractivity contribution in [2.75, 3.05) is 0 Å². The second-order valence-electron chi connectivity index (χ2n) is 3.47. The van der Waals surface area contributed by atoms with E-state index in [0.29, 0.717) is 6.61 Å². The van der Waals surface area contributed by atoms with Crippen LogP contribution in [0.15, 0.2) is 36.4 Å². The van der Waals surface area contributed by atoms with Crippen LogP contribution in [0.4, 0.5) is 0 Å². The van der Waals surface area contributed by atoms with Gasteiger partial charge < -0.3 is 4.74 Å². The van der Waals surface area contributed by atoms with Gasteiger partial charge in [-0.3, -0.25) is 0 Å². The van der Waals surface area contributed by atoms with Crippen molar-refractivity contribution >= 4 is 33.9 Å². The monoisotopic (exact) mass is 344 g/mol. The van der Waals surface area contributed by atoms with Crippen molar-refractivity contribution in [3.05, 3.63) is 49.7 Å². The molecule has 16 heavy (non-hydrogen) atoms. The van der Waals surface area contributed by atoms with Gasteiger partial charge in [0.15, 0.2) is 0 Å². The Kier molecular flexibility index (Phi) is 4.23. The number of hydrogen-bond donors (Lipinski definition) is 0. The van der Waals surface area contributed by atoms with Crippen molar-refractivity contribution in [2.24, 2.45) is 0 Å². The van der Waals surface area contributed by atoms with Crippen molar-refractivity contribution in [1.29, 1.82) is 0 Å². The molecule has 0 spiro atoms. The second kappa shape index (κ2) is 5.68. The molecule has 1 heterocycles. The maximum Gasteiger partial charge on any atom is 0.122 e. The SMILES string of the molecule is CCc1ccc(COc2cccc(I)c2)s1. The number of halogens is 1. The molecule has 0 N–H and O–H groups in total. The van der Waals surface area contributed by atoms with E-state index in [1.54, 1.807) is 0 Å². The van der Waals surface area contributed by atoms with Gasteiger partial charge in [0.25, 0.3) is 0 Å². The van der Waals surface area contributed by atoms with Gasteiger partial charge in [-0.25, -0.2) is 0 Å². The molecule has 2 rings (SSSR count). The molecule has 0 saturated heterocycles. The average molecular weight is 344 g/mol. The van der Waals surface area contributed by atoms with Crippen molar-refractivity contribution in [3.8, 4) is 5.75 Å². The molecule has 0 radical (unpaired) electrons. The molecule has 0 saturated carbocycles. The molecule has 84 valence electrons. The lowest BCUT2D eigenvalue weighted by Gasteiger charge is -2.04. The van der Waals surface area contributed by atoms with E-state index in [-0.39, 0.29) is 0 Å². The molecule has 0 aliphatic carbocycles. The minimum Gasteiger partial charge on any atom is -0.488 e. The molecular weight excluding hydrogens is 331 g/mol. The zero-order valence-electron chi connectivity index (χ0n) is 9.07. The molecule has 0 aliphatic heterocycles. The lowest BCUT2D eigenvalue weighted by Crippen LogP contribution is -1.92. The van der Waals surface area contributed by atoms with Crippen molar-refractivity contribution in [3.63, 3.8) is 0 Å². The Balaban J connectivity index is 1.96. The molecule has 1 aromatic heterocycles. The van der Waals surface area contributed by atoms with Gasteiger partial charge in [0, 0.05) is 13.3 Å². The first kappa shape index (κ1) is 11.9. The van der Waals surface area contributed by atoms with Crippen LogP contribution in [0.3, 0.4) is 0 Å². The highest BCUT2D eigenvalue weighted by Gasteiger charge is 2.00. The number of aryl methyl sites for hydroxylation is 1. The summed E-state index contributed by atoms with van der Waals surface area (Å²) in [6, 6.07) is 12.5. The number of hydrogen-bond acceptors (Lipinski definition) is 2. The van der Waals surface area contributed by atoms with E-state index in [1.165, 1.54) is 13.3 Å². The normalized spacial score (nSPS) is 10.4. The van der Waals surface area contributed by atoms with Crippen LogP contribution in [0.5, 0.6) is 5.75 Å². The Bertz CT molecular complexity index is 464. The maximum absolute atomic E-state index is 5.74. The second-order valence-corrected chi connectivity index (χ2v) is 5.97. The maximum atomic E-state index is 5.74. The molecule has 1 nitrogen and oxygen atoms in total. The molecule has 0 unspecified atom stereocenters. The third-order valence-corrected chi connectivity index (χ3v) is 4.12. The third kappa shape index (κ3) is 3.22. The number of ether oxygens (including phenoxy) is 1. The van der Waals surface area contributed by atoms with Gasteiger partial charge in [0.1, 0.15) is 12.4 Å². The summed E-state index contributed by atoms with van der Waals surface area (Å²) in [6.07, 6.45) is 1.11. The van der Waals surface area contributed by atoms with Crippen molar-refractivity contribution < 1.29 is 4.74 Å². The summed E-state index contributed by atoms with van der Waals surface area (Å²) >= 11 is 4.12. The fraction of sp³-hybridized carbons (Fsp3) is 0.231. The highest BCUT2D eigenvalue weighted by molar-refractivity contribution is 14.1. The van der Waals surface area contributed by atoms with Crippen LogP contribution in [0.2, 0.25) is 0 Å². The summed E-state index contributed by atoms with van der Waals surface area (Å²) in [5.41, 5.74) is 0. The number of thiophene rings is 1. The number of rotatable bonds is 4. The highest BCUT2D eigenvalue weighted by atomic mass is 127. The van der Waals surface area contributed by atoms with Gasteiger partial charge in [-0.1, -0.05) is 13.0 Å². The van der Waals surface area contributed by atoms with Crippen molar-refractivity contribution in [2.45, 2.75) is 20.0 Å². The third-order valence-electron chi connectivity index (χ3n) is 2.24. The summed E-state index contributed by atoms with van der Waals surface area (Å²) in [5.74, 6) is 0.943. The van der Waals surface area contributed by atoms with E-state index in [2.05, 4.69) is 53.8 Å². The van der Waals surface area contributed by atoms with E-state index in [0.717, 1.165) is 12.2 Å². The van der Waals surface area contributed by atoms with Gasteiger partial charge >= 0.3 is 0 Å². The minimum absolute atomic E-state index is 0.671. The van der Waals surface area contributed by atoms with E-state index in [1.807, 2.05) is 23.5 Å². The fourth-order valence-electron chi connectivity index (χ4n) is 1.40. The van der Waals surface area contributed by atoms with Crippen LogP contribution >= 0.6 is 33.9 Å². The topological polar surface area (TPSA) is 9.23 Å². The first-order valence-electron chi connectivity index (χ1n) is 5.24. The van der Waals surface area contributed by atoms with Crippen LogP contribution in [-0.2, 0) is 13.0 Å². The van der Waals surface area contributed by atoms with Gasteiger partial charge in [0.2, 0.25) is 0 Å². The Morgan fingerprint density at radius 2 is 2.00 bits per heavy atom. The Hall–Kier alpha value is -0.550. The smallest absolute Gasteiger partial charge is 0.122 e. The lowest BCUT2D eigenvalue weighted by molar-refractivity contribution is 0.309. The molecule has 0 aliphatic rings. The average Bonchev–Trinajstić information content (AvgIpc) is 2.74. The number of benzene rings is 1. The molecule has 0 bridgehead atoms. The predicted molar refractivity (Wildman–Crippen MR) is 77.2 cm³/mol. The van der Waals surface area contributed by atoms with Crippen molar-refractivity contribution in [1.82, 2.24) is 0 Å². The standard InChI is InChI=1S/C13H13IOS/c1-2-12-6-7-13(16-12)9-15-11-5-3-4-10(14)8-11/h3-8H,2,9H2,1H3. The zero-order chi connectivity index (χ0) is 11.4. The van der Waals surface area contributed by atoms with E-state index >= 15 is 0 Å². The zero-order valence-corrected chi connectivity index (χ0v) is 12.0. The largest absolute Gasteiger partial charge is 0.488 e. The van der Waals surface area contributed by atoms with E-state index in [9.17, 15) is 0 Å². The summed E-state index contributed by atoms with van der Waals surface area (Å²) < 4.78 is 6.94. The lowest BCUT2D eigenvalue weighted by atomic mass is 10.3. The first-order valence-corrected chi connectivity index (χ1v) is 7.13.